The van der Waals surface area contributed by atoms with Crippen molar-refractivity contribution in [1.29, 1.82) is 0 Å². The highest BCUT2D eigenvalue weighted by atomic mass is 19.4. The minimum absolute atomic E-state index is 0.0745. The SMILES string of the molecule is CNC(=O)C1C(=O)[C@@H](N(C)C)[C@@H]2C[C@@H]3Cc4c(N(C)C)cc(-c5ccc(OC(F)(F)F)cc5)c(O)c4C(=O)C3C(=O)[C@]2(O)C1=O. The molecule has 0 heterocycles. The van der Waals surface area contributed by atoms with E-state index in [0.717, 1.165) is 12.1 Å². The first-order valence-corrected chi connectivity index (χ1v) is 14.1. The summed E-state index contributed by atoms with van der Waals surface area (Å²) in [6, 6.07) is 5.05. The van der Waals surface area contributed by atoms with Crippen molar-refractivity contribution in [3.05, 3.63) is 41.5 Å². The lowest BCUT2D eigenvalue weighted by Gasteiger charge is -2.52. The summed E-state index contributed by atoms with van der Waals surface area (Å²) < 4.78 is 41.9. The zero-order valence-corrected chi connectivity index (χ0v) is 25.1. The minimum Gasteiger partial charge on any atom is -0.507 e. The van der Waals surface area contributed by atoms with Gasteiger partial charge in [0, 0.05) is 38.3 Å². The van der Waals surface area contributed by atoms with Crippen molar-refractivity contribution in [2.75, 3.05) is 40.1 Å². The third-order valence-corrected chi connectivity index (χ3v) is 9.14. The second kappa shape index (κ2) is 10.9. The first-order chi connectivity index (χ1) is 20.9. The Morgan fingerprint density at radius 3 is 2.20 bits per heavy atom. The number of nitrogens with zero attached hydrogens (tertiary/aromatic N) is 2. The number of halogens is 3. The van der Waals surface area contributed by atoms with E-state index in [2.05, 4.69) is 10.1 Å². The number of nitrogens with one attached hydrogen (secondary N) is 1. The first-order valence-electron chi connectivity index (χ1n) is 14.1. The number of hydrogen-bond acceptors (Lipinski definition) is 10. The Kier molecular flexibility index (Phi) is 7.81. The van der Waals surface area contributed by atoms with Crippen LogP contribution in [0.5, 0.6) is 11.5 Å². The van der Waals surface area contributed by atoms with Crippen molar-refractivity contribution in [3.63, 3.8) is 0 Å². The average Bonchev–Trinajstić information content (AvgIpc) is 2.94. The molecule has 3 aliphatic rings. The molecule has 3 N–H and O–H groups in total. The number of amides is 1. The van der Waals surface area contributed by atoms with Crippen molar-refractivity contribution in [3.8, 4) is 22.6 Å². The van der Waals surface area contributed by atoms with Crippen LogP contribution in [0.25, 0.3) is 11.1 Å². The van der Waals surface area contributed by atoms with Crippen LogP contribution in [0.4, 0.5) is 18.9 Å². The molecule has 1 amide bonds. The topological polar surface area (TPSA) is 154 Å². The van der Waals surface area contributed by atoms with Crippen molar-refractivity contribution in [2.45, 2.75) is 30.8 Å². The number of hydrogen-bond donors (Lipinski definition) is 3. The van der Waals surface area contributed by atoms with Crippen LogP contribution >= 0.6 is 0 Å². The van der Waals surface area contributed by atoms with Crippen LogP contribution in [-0.4, -0.2) is 97.4 Å². The van der Waals surface area contributed by atoms with E-state index in [-0.39, 0.29) is 29.5 Å². The summed E-state index contributed by atoms with van der Waals surface area (Å²) in [7, 11) is 7.66. The highest BCUT2D eigenvalue weighted by Crippen LogP contribution is 2.53. The molecule has 2 saturated carbocycles. The van der Waals surface area contributed by atoms with Crippen LogP contribution in [0.1, 0.15) is 22.3 Å². The molecule has 0 spiro atoms. The minimum atomic E-state index is -4.91. The van der Waals surface area contributed by atoms with Gasteiger partial charge in [-0.1, -0.05) is 12.1 Å². The molecule has 240 valence electrons. The second-order valence-electron chi connectivity index (χ2n) is 12.1. The van der Waals surface area contributed by atoms with Crippen LogP contribution in [0.2, 0.25) is 0 Å². The maximum absolute atomic E-state index is 14.2. The summed E-state index contributed by atoms with van der Waals surface area (Å²) in [6.45, 7) is 0. The number of ether oxygens (including phenoxy) is 1. The second-order valence-corrected chi connectivity index (χ2v) is 12.1. The van der Waals surface area contributed by atoms with Gasteiger partial charge in [-0.2, -0.15) is 0 Å². The smallest absolute Gasteiger partial charge is 0.507 e. The van der Waals surface area contributed by atoms with E-state index in [1.165, 1.54) is 38.2 Å². The lowest BCUT2D eigenvalue weighted by Crippen LogP contribution is -2.74. The van der Waals surface area contributed by atoms with E-state index >= 15 is 0 Å². The fraction of sp³-hybridized carbons (Fsp3) is 0.452. The number of phenolic OH excluding ortho intramolecular Hbond substituents is 1. The Balaban J connectivity index is 1.63. The molecule has 2 unspecified atom stereocenters. The average molecular weight is 632 g/mol. The van der Waals surface area contributed by atoms with Gasteiger partial charge in [-0.25, -0.2) is 0 Å². The summed E-state index contributed by atoms with van der Waals surface area (Å²) in [6.07, 6.45) is -4.91. The Hall–Kier alpha value is -4.30. The number of Topliss-reactive ketones (excluding diaryl/α,β-unsaturated/α-hetero) is 4. The van der Waals surface area contributed by atoms with Gasteiger partial charge >= 0.3 is 6.36 Å². The number of likely N-dealkylation sites (N-methyl/N-ethyl adjacent to an activating group) is 1. The Bertz CT molecular complexity index is 1620. The van der Waals surface area contributed by atoms with Crippen LogP contribution in [0, 0.1) is 23.7 Å². The number of fused-ring (bicyclic) bond motifs is 3. The quantitative estimate of drug-likeness (QED) is 0.416. The van der Waals surface area contributed by atoms with Crippen molar-refractivity contribution in [1.82, 2.24) is 10.2 Å². The molecule has 6 atom stereocenters. The molecule has 2 fully saturated rings. The number of carbonyl (C=O) groups excluding carboxylic acids is 5. The van der Waals surface area contributed by atoms with Gasteiger partial charge < -0.3 is 25.2 Å². The highest BCUT2D eigenvalue weighted by Gasteiger charge is 2.69. The van der Waals surface area contributed by atoms with Crippen LogP contribution < -0.4 is 15.0 Å². The van der Waals surface area contributed by atoms with Gasteiger partial charge in [-0.3, -0.25) is 28.9 Å². The summed E-state index contributed by atoms with van der Waals surface area (Å²) in [5.41, 5.74) is -1.79. The Morgan fingerprint density at radius 1 is 1.04 bits per heavy atom. The maximum atomic E-state index is 14.2. The van der Waals surface area contributed by atoms with Gasteiger partial charge in [0.15, 0.2) is 34.7 Å². The lowest BCUT2D eigenvalue weighted by atomic mass is 9.52. The summed E-state index contributed by atoms with van der Waals surface area (Å²) in [5.74, 6) is -11.5. The normalized spacial score (nSPS) is 27.9. The largest absolute Gasteiger partial charge is 0.573 e. The number of alkyl halides is 3. The molecule has 11 nitrogen and oxygen atoms in total. The number of anilines is 1. The summed E-state index contributed by atoms with van der Waals surface area (Å²) in [4.78, 5) is 71.2. The fourth-order valence-corrected chi connectivity index (χ4v) is 7.23. The lowest BCUT2D eigenvalue weighted by molar-refractivity contribution is -0.274. The number of aliphatic hydroxyl groups is 1. The fourth-order valence-electron chi connectivity index (χ4n) is 7.23. The highest BCUT2D eigenvalue weighted by molar-refractivity contribution is 6.32. The molecule has 5 rings (SSSR count). The standard InChI is InChI=1S/C31H32F3N3O8/c1-35-29(43)22-26(40)23(37(4)5)18-11-14-10-17-19(36(2)3)12-16(13-6-8-15(9-7-13)45-31(32,33)34)24(38)21(17)25(39)20(14)27(41)30(18,44)28(22)42/h6-9,12,14,18,20,22-23,38,44H,10-11H2,1-5H3,(H,35,43)/t14-,18-,20?,22?,23-,30-/m0/s1. The van der Waals surface area contributed by atoms with Crippen molar-refractivity contribution >= 4 is 34.7 Å². The number of carbonyl (C=O) groups is 5. The molecule has 0 aliphatic heterocycles. The molecule has 0 aromatic heterocycles. The van der Waals surface area contributed by atoms with E-state index in [9.17, 15) is 47.4 Å². The predicted molar refractivity (Wildman–Crippen MR) is 153 cm³/mol. The molecule has 45 heavy (non-hydrogen) atoms. The van der Waals surface area contributed by atoms with E-state index in [0.29, 0.717) is 11.3 Å². The third kappa shape index (κ3) is 4.96. The number of rotatable bonds is 5. The van der Waals surface area contributed by atoms with Crippen LogP contribution in [0.3, 0.4) is 0 Å². The zero-order valence-electron chi connectivity index (χ0n) is 25.1. The molecule has 14 heteroatoms. The van der Waals surface area contributed by atoms with E-state index in [4.69, 9.17) is 0 Å². The van der Waals surface area contributed by atoms with Gasteiger partial charge in [-0.05, 0) is 62.2 Å². The van der Waals surface area contributed by atoms with Crippen LogP contribution in [-0.2, 0) is 25.6 Å². The molecular formula is C31H32F3N3O8. The molecule has 0 bridgehead atoms. The summed E-state index contributed by atoms with van der Waals surface area (Å²) in [5, 5.41) is 25.5. The summed E-state index contributed by atoms with van der Waals surface area (Å²) >= 11 is 0. The van der Waals surface area contributed by atoms with Gasteiger partial charge in [0.25, 0.3) is 0 Å². The molecule has 3 aliphatic carbocycles. The molecule has 0 radical (unpaired) electrons. The van der Waals surface area contributed by atoms with Gasteiger partial charge in [0.05, 0.1) is 17.5 Å². The van der Waals surface area contributed by atoms with Crippen molar-refractivity contribution < 1.29 is 52.1 Å². The molecule has 2 aromatic rings. The molecule has 0 saturated heterocycles. The van der Waals surface area contributed by atoms with Gasteiger partial charge in [0.1, 0.15) is 11.5 Å². The Morgan fingerprint density at radius 2 is 1.67 bits per heavy atom. The Labute approximate surface area is 255 Å². The van der Waals surface area contributed by atoms with E-state index in [1.54, 1.807) is 25.1 Å². The van der Waals surface area contributed by atoms with Gasteiger partial charge in [-0.15, -0.1) is 13.2 Å². The number of aromatic hydroxyl groups is 1. The number of phenols is 1. The number of ketones is 4. The monoisotopic (exact) mass is 631 g/mol. The van der Waals surface area contributed by atoms with Crippen LogP contribution in [0.15, 0.2) is 30.3 Å². The first kappa shape index (κ1) is 32.1. The van der Waals surface area contributed by atoms with E-state index in [1.807, 2.05) is 0 Å². The number of benzene rings is 2. The zero-order chi connectivity index (χ0) is 33.3. The molecule has 2 aromatic carbocycles. The van der Waals surface area contributed by atoms with Crippen molar-refractivity contribution in [2.24, 2.45) is 23.7 Å². The molecular weight excluding hydrogens is 599 g/mol. The maximum Gasteiger partial charge on any atom is 0.573 e. The predicted octanol–water partition coefficient (Wildman–Crippen LogP) is 1.76. The van der Waals surface area contributed by atoms with E-state index < -0.39 is 82.2 Å². The third-order valence-electron chi connectivity index (χ3n) is 9.14. The van der Waals surface area contributed by atoms with Gasteiger partial charge in [0.2, 0.25) is 5.91 Å².